The number of aromatic nitrogens is 20. The van der Waals surface area contributed by atoms with Crippen LogP contribution in [0.4, 0.5) is 5.69 Å². The molecule has 1 amide bonds. The first-order valence-corrected chi connectivity index (χ1v) is 34.4. The molecule has 26 heteroatoms. The second kappa shape index (κ2) is 34.0. The maximum atomic E-state index is 12.1. The second-order valence-corrected chi connectivity index (χ2v) is 24.4. The van der Waals surface area contributed by atoms with E-state index in [4.69, 9.17) is 4.74 Å². The van der Waals surface area contributed by atoms with Crippen molar-refractivity contribution in [1.29, 1.82) is 0 Å². The highest BCUT2D eigenvalue weighted by Gasteiger charge is 2.18. The van der Waals surface area contributed by atoms with Crippen LogP contribution in [0.2, 0.25) is 0 Å². The summed E-state index contributed by atoms with van der Waals surface area (Å²) in [6.07, 6.45) is 8.90. The number of hydrogen-bond donors (Lipinski definition) is 1. The van der Waals surface area contributed by atoms with E-state index in [1.807, 2.05) is 182 Å². The number of nitrogens with zero attached hydrogens (tertiary/aromatic N) is 21. The number of tetrazole rings is 4. The number of hydrogen-bond acceptors (Lipinski definition) is 21. The fourth-order valence-corrected chi connectivity index (χ4v) is 11.6. The number of carbonyl (C=O) groups excluding carboxylic acids is 2. The van der Waals surface area contributed by atoms with Crippen molar-refractivity contribution in [3.63, 3.8) is 0 Å². The van der Waals surface area contributed by atoms with E-state index < -0.39 is 0 Å². The molecular weight excluding hydrogens is 1350 g/mol. The summed E-state index contributed by atoms with van der Waals surface area (Å²) in [6, 6.07) is 85.8. The van der Waals surface area contributed by atoms with Crippen molar-refractivity contribution in [2.45, 2.75) is 18.4 Å². The van der Waals surface area contributed by atoms with Crippen LogP contribution in [0.1, 0.15) is 22.8 Å². The molecule has 0 aliphatic carbocycles. The predicted octanol–water partition coefficient (Wildman–Crippen LogP) is 14.1. The molecule has 8 aromatic heterocycles. The van der Waals surface area contributed by atoms with Crippen molar-refractivity contribution >= 4 is 29.3 Å². The van der Waals surface area contributed by atoms with Gasteiger partial charge < -0.3 is 15.0 Å². The third kappa shape index (κ3) is 17.6. The quantitative estimate of drug-likeness (QED) is 0.0654. The highest BCUT2D eigenvalue weighted by atomic mass is 32.2. The van der Waals surface area contributed by atoms with Gasteiger partial charge in [-0.05, 0) is 213 Å². The van der Waals surface area contributed by atoms with Crippen molar-refractivity contribution in [3.05, 3.63) is 303 Å². The van der Waals surface area contributed by atoms with Gasteiger partial charge in [0.2, 0.25) is 29.2 Å². The highest BCUT2D eigenvalue weighted by Crippen LogP contribution is 2.33. The lowest BCUT2D eigenvalue weighted by atomic mass is 9.99. The Bertz CT molecular complexity index is 5580. The van der Waals surface area contributed by atoms with Crippen LogP contribution >= 0.6 is 11.8 Å². The molecule has 0 saturated heterocycles. The van der Waals surface area contributed by atoms with Crippen molar-refractivity contribution < 1.29 is 14.3 Å². The van der Waals surface area contributed by atoms with Crippen molar-refractivity contribution in [2.75, 3.05) is 32.8 Å². The topological polar surface area (TPSA) is 285 Å². The largest absolute Gasteiger partial charge is 0.465 e. The van der Waals surface area contributed by atoms with Gasteiger partial charge >= 0.3 is 5.97 Å². The third-order valence-electron chi connectivity index (χ3n) is 16.0. The Morgan fingerprint density at radius 2 is 0.764 bits per heavy atom. The standard InChI is InChI=1S/C21H20N6.C20H16N6O.C20H15N5O2.C19H15N5S/c1-26(2)15-17-8-3-4-11-19(17)16-9-7-10-18(14-16)27-24-21(23-25-27)20-12-5-6-13-22-20;1-14(27)22-17-10-8-15(9-11-17)16-5-4-6-18(13-16)26-24-20(23-25-26)19-7-2-3-12-21-19;1-27-20(26)17-10-3-2-9-16(17)14-7-6-8-15(13-14)25-23-19(22-24-25)18-11-4-5-12-21-18;1-25-18-11-3-2-9-16(18)14-7-6-8-15(13-14)24-22-19(21-23-24)17-10-4-5-12-20-17/h3-14H,15H2,1-2H3;2-13H,1H3,(H,22,27);2-13H,1H3;2-13H,1H3. The molecule has 0 saturated carbocycles. The number of esters is 1. The number of rotatable bonds is 17. The summed E-state index contributed by atoms with van der Waals surface area (Å²) in [4.78, 5) is 49.6. The summed E-state index contributed by atoms with van der Waals surface area (Å²) < 4.78 is 4.88. The Hall–Kier alpha value is -14.1. The van der Waals surface area contributed by atoms with Crippen LogP contribution in [0.25, 0.3) is 113 Å². The molecule has 0 atom stereocenters. The fraction of sp³-hybridized carbons (Fsp3) is 0.0750. The molecule has 25 nitrogen and oxygen atoms in total. The summed E-state index contributed by atoms with van der Waals surface area (Å²) in [7, 11) is 5.52. The fourth-order valence-electron chi connectivity index (χ4n) is 11.0. The number of benzene rings is 8. The summed E-state index contributed by atoms with van der Waals surface area (Å²) >= 11 is 1.73. The lowest BCUT2D eigenvalue weighted by molar-refractivity contribution is -0.114. The Balaban J connectivity index is 0.000000125. The highest BCUT2D eigenvalue weighted by molar-refractivity contribution is 7.98. The van der Waals surface area contributed by atoms with Gasteiger partial charge in [0.1, 0.15) is 22.8 Å². The van der Waals surface area contributed by atoms with E-state index in [-0.39, 0.29) is 11.9 Å². The summed E-state index contributed by atoms with van der Waals surface area (Å²) in [5.74, 6) is 1.46. The smallest absolute Gasteiger partial charge is 0.338 e. The Kier molecular flexibility index (Phi) is 22.6. The number of ether oxygens (including phenoxy) is 1. The van der Waals surface area contributed by atoms with E-state index in [0.29, 0.717) is 51.6 Å². The molecule has 520 valence electrons. The monoisotopic (exact) mass is 1410 g/mol. The molecular formula is C80H66N22O3S. The minimum absolute atomic E-state index is 0.0919. The lowest BCUT2D eigenvalue weighted by Crippen LogP contribution is -2.11. The number of anilines is 1. The molecule has 106 heavy (non-hydrogen) atoms. The van der Waals surface area contributed by atoms with E-state index in [2.05, 4.69) is 185 Å². The van der Waals surface area contributed by atoms with Gasteiger partial charge in [-0.25, -0.2) is 4.79 Å². The molecule has 0 aliphatic heterocycles. The first-order chi connectivity index (χ1) is 52.0. The number of pyridine rings is 4. The van der Waals surface area contributed by atoms with Crippen LogP contribution < -0.4 is 5.32 Å². The Morgan fingerprint density at radius 3 is 1.17 bits per heavy atom. The van der Waals surface area contributed by atoms with Crippen LogP contribution in [-0.2, 0) is 16.1 Å². The van der Waals surface area contributed by atoms with Gasteiger partial charge in [0.05, 0.1) is 35.4 Å². The van der Waals surface area contributed by atoms with Gasteiger partial charge in [-0.2, -0.15) is 0 Å². The van der Waals surface area contributed by atoms with Crippen molar-refractivity contribution in [1.82, 2.24) is 106 Å². The minimum atomic E-state index is -0.382. The van der Waals surface area contributed by atoms with Crippen molar-refractivity contribution in [2.24, 2.45) is 0 Å². The summed E-state index contributed by atoms with van der Waals surface area (Å²) in [5, 5.41) is 53.5. The van der Waals surface area contributed by atoms with Crippen LogP contribution in [0.3, 0.4) is 0 Å². The molecule has 16 aromatic rings. The lowest BCUT2D eigenvalue weighted by Gasteiger charge is -2.14. The molecule has 8 heterocycles. The van der Waals surface area contributed by atoms with Gasteiger partial charge in [0.25, 0.3) is 0 Å². The van der Waals surface area contributed by atoms with Gasteiger partial charge in [-0.3, -0.25) is 24.7 Å². The Labute approximate surface area is 613 Å². The minimum Gasteiger partial charge on any atom is -0.465 e. The molecule has 0 aliphatic rings. The predicted molar refractivity (Wildman–Crippen MR) is 406 cm³/mol. The van der Waals surface area contributed by atoms with E-state index in [1.54, 1.807) is 53.5 Å². The van der Waals surface area contributed by atoms with Crippen LogP contribution in [0.5, 0.6) is 0 Å². The normalized spacial score (nSPS) is 10.7. The average Bonchev–Trinajstić information content (AvgIpc) is 1.30. The molecule has 0 bridgehead atoms. The zero-order valence-electron chi connectivity index (χ0n) is 57.9. The Morgan fingerprint density at radius 1 is 0.396 bits per heavy atom. The van der Waals surface area contributed by atoms with E-state index in [1.165, 1.54) is 50.0 Å². The zero-order valence-corrected chi connectivity index (χ0v) is 58.8. The van der Waals surface area contributed by atoms with E-state index >= 15 is 0 Å². The SMILES string of the molecule is CC(=O)Nc1ccc(-c2cccc(-n3nnc(-c4ccccn4)n3)c2)cc1.CN(C)Cc1ccccc1-c1cccc(-n2nnc(-c3ccccn3)n2)c1.COC(=O)c1ccccc1-c1cccc(-n2nnc(-c3ccccn3)n2)c1.CSc1ccccc1-c1cccc(-n2nnc(-c3ccccn3)n2)c1. The van der Waals surface area contributed by atoms with Crippen LogP contribution in [0.15, 0.2) is 297 Å². The van der Waals surface area contributed by atoms with Gasteiger partial charge in [0, 0.05) is 48.8 Å². The average molecular weight is 1420 g/mol. The molecule has 16 rings (SSSR count). The molecule has 0 unspecified atom stereocenters. The van der Waals surface area contributed by atoms with Crippen LogP contribution in [-0.4, -0.2) is 145 Å². The number of thioether (sulfide) groups is 1. The van der Waals surface area contributed by atoms with Crippen LogP contribution in [0, 0.1) is 0 Å². The molecule has 0 spiro atoms. The molecule has 1 N–H and O–H groups in total. The summed E-state index contributed by atoms with van der Waals surface area (Å²) in [6.45, 7) is 2.37. The van der Waals surface area contributed by atoms with Gasteiger partial charge in [-0.1, -0.05) is 146 Å². The maximum absolute atomic E-state index is 12.1. The first-order valence-electron chi connectivity index (χ1n) is 33.2. The first kappa shape index (κ1) is 70.3. The number of nitrogens with one attached hydrogen (secondary N) is 1. The number of amides is 1. The maximum Gasteiger partial charge on any atom is 0.338 e. The second-order valence-electron chi connectivity index (χ2n) is 23.6. The number of carbonyl (C=O) groups is 2. The summed E-state index contributed by atoms with van der Waals surface area (Å²) in [5.41, 5.74) is 16.8. The molecule has 0 radical (unpaired) electrons. The zero-order chi connectivity index (χ0) is 73.0. The molecule has 0 fully saturated rings. The van der Waals surface area contributed by atoms with Crippen molar-refractivity contribution in [3.8, 4) is 113 Å². The van der Waals surface area contributed by atoms with Gasteiger partial charge in [-0.15, -0.1) is 71.7 Å². The van der Waals surface area contributed by atoms with E-state index in [9.17, 15) is 9.59 Å². The van der Waals surface area contributed by atoms with E-state index in [0.717, 1.165) is 68.4 Å². The van der Waals surface area contributed by atoms with Gasteiger partial charge in [0.15, 0.2) is 0 Å². The number of methoxy groups -OCH3 is 1. The third-order valence-corrected chi connectivity index (χ3v) is 16.7. The molecule has 8 aromatic carbocycles.